The number of carbonyl (C=O) groups excluding carboxylic acids is 1. The van der Waals surface area contributed by atoms with Crippen molar-refractivity contribution >= 4 is 5.91 Å². The van der Waals surface area contributed by atoms with E-state index in [1.807, 2.05) is 0 Å². The number of halogens is 1. The second-order valence-electron chi connectivity index (χ2n) is 8.68. The van der Waals surface area contributed by atoms with E-state index >= 15 is 0 Å². The van der Waals surface area contributed by atoms with E-state index in [9.17, 15) is 9.18 Å². The van der Waals surface area contributed by atoms with Crippen LogP contribution in [-0.4, -0.2) is 28.9 Å². The van der Waals surface area contributed by atoms with E-state index in [2.05, 4.69) is 46.4 Å². The summed E-state index contributed by atoms with van der Waals surface area (Å²) in [5, 5.41) is 2.96. The molecule has 168 valence electrons. The standard InChI is InChI=1S/C26H30FN3O2/c1-19-12-14-30(15-13-19)18-21-4-2-20(3-5-21)16-28-25(31)10-11-26-29-17-24(32-26)22-6-8-23(27)9-7-22/h2-9,17,19H,10-16,18H2,1H3,(H,28,31). The van der Waals surface area contributed by atoms with Crippen LogP contribution in [0.3, 0.4) is 0 Å². The van der Waals surface area contributed by atoms with Crippen LogP contribution in [-0.2, 0) is 24.3 Å². The number of piperidine rings is 1. The number of nitrogens with zero attached hydrogens (tertiary/aromatic N) is 2. The van der Waals surface area contributed by atoms with Gasteiger partial charge in [-0.15, -0.1) is 0 Å². The summed E-state index contributed by atoms with van der Waals surface area (Å²) >= 11 is 0. The molecule has 1 aliphatic heterocycles. The minimum absolute atomic E-state index is 0.0435. The second kappa shape index (κ2) is 10.6. The van der Waals surface area contributed by atoms with Crippen LogP contribution < -0.4 is 5.32 Å². The first kappa shape index (κ1) is 22.2. The highest BCUT2D eigenvalue weighted by molar-refractivity contribution is 5.76. The summed E-state index contributed by atoms with van der Waals surface area (Å²) in [4.78, 5) is 19.0. The number of nitrogens with one attached hydrogen (secondary N) is 1. The van der Waals surface area contributed by atoms with E-state index in [-0.39, 0.29) is 11.7 Å². The van der Waals surface area contributed by atoms with Crippen molar-refractivity contribution in [1.29, 1.82) is 0 Å². The van der Waals surface area contributed by atoms with Gasteiger partial charge in [0.25, 0.3) is 0 Å². The van der Waals surface area contributed by atoms with Crippen molar-refractivity contribution in [2.24, 2.45) is 5.92 Å². The van der Waals surface area contributed by atoms with Gasteiger partial charge < -0.3 is 9.73 Å². The average molecular weight is 436 g/mol. The van der Waals surface area contributed by atoms with Crippen molar-refractivity contribution in [3.05, 3.63) is 77.6 Å². The van der Waals surface area contributed by atoms with E-state index in [0.29, 0.717) is 31.0 Å². The molecule has 2 aromatic carbocycles. The van der Waals surface area contributed by atoms with Crippen molar-refractivity contribution in [2.75, 3.05) is 13.1 Å². The van der Waals surface area contributed by atoms with Crippen molar-refractivity contribution < 1.29 is 13.6 Å². The molecule has 0 atom stereocenters. The lowest BCUT2D eigenvalue weighted by atomic mass is 9.99. The number of oxazole rings is 1. The molecule has 1 aromatic heterocycles. The summed E-state index contributed by atoms with van der Waals surface area (Å²) in [6.45, 7) is 6.18. The molecule has 0 saturated carbocycles. The lowest BCUT2D eigenvalue weighted by Gasteiger charge is -2.30. The predicted molar refractivity (Wildman–Crippen MR) is 122 cm³/mol. The van der Waals surface area contributed by atoms with Gasteiger partial charge in [0.05, 0.1) is 6.20 Å². The number of hydrogen-bond donors (Lipinski definition) is 1. The summed E-state index contributed by atoms with van der Waals surface area (Å²) in [6, 6.07) is 14.5. The molecule has 0 radical (unpaired) electrons. The van der Waals surface area contributed by atoms with Gasteiger partial charge in [-0.1, -0.05) is 31.2 Å². The van der Waals surface area contributed by atoms with Crippen LogP contribution in [0.25, 0.3) is 11.3 Å². The zero-order chi connectivity index (χ0) is 22.3. The monoisotopic (exact) mass is 435 g/mol. The number of amides is 1. The molecule has 6 heteroatoms. The van der Waals surface area contributed by atoms with Gasteiger partial charge in [0.1, 0.15) is 5.82 Å². The lowest BCUT2D eigenvalue weighted by Crippen LogP contribution is -2.32. The van der Waals surface area contributed by atoms with Crippen LogP contribution in [0.2, 0.25) is 0 Å². The molecule has 1 fully saturated rings. The highest BCUT2D eigenvalue weighted by Gasteiger charge is 2.15. The lowest BCUT2D eigenvalue weighted by molar-refractivity contribution is -0.121. The number of benzene rings is 2. The Balaban J connectivity index is 1.19. The Morgan fingerprint density at radius 3 is 2.50 bits per heavy atom. The van der Waals surface area contributed by atoms with Crippen molar-refractivity contribution in [3.63, 3.8) is 0 Å². The fourth-order valence-electron chi connectivity index (χ4n) is 3.92. The van der Waals surface area contributed by atoms with Gasteiger partial charge in [-0.3, -0.25) is 9.69 Å². The SMILES string of the molecule is CC1CCN(Cc2ccc(CNC(=O)CCc3ncc(-c4ccc(F)cc4)o3)cc2)CC1. The third-order valence-electron chi connectivity index (χ3n) is 6.04. The predicted octanol–water partition coefficient (Wildman–Crippen LogP) is 4.96. The first-order valence-electron chi connectivity index (χ1n) is 11.3. The van der Waals surface area contributed by atoms with Crippen LogP contribution >= 0.6 is 0 Å². The van der Waals surface area contributed by atoms with Crippen LogP contribution in [0, 0.1) is 11.7 Å². The summed E-state index contributed by atoms with van der Waals surface area (Å²) in [5.41, 5.74) is 3.16. The normalized spacial score (nSPS) is 15.1. The van der Waals surface area contributed by atoms with E-state index in [1.165, 1.54) is 43.6 Å². The topological polar surface area (TPSA) is 58.4 Å². The van der Waals surface area contributed by atoms with E-state index < -0.39 is 0 Å². The summed E-state index contributed by atoms with van der Waals surface area (Å²) in [5.74, 6) is 1.57. The highest BCUT2D eigenvalue weighted by Crippen LogP contribution is 2.21. The number of aromatic nitrogens is 1. The third kappa shape index (κ3) is 6.26. The van der Waals surface area contributed by atoms with Gasteiger partial charge in [-0.05, 0) is 67.2 Å². The van der Waals surface area contributed by atoms with Gasteiger partial charge in [0.2, 0.25) is 5.91 Å². The van der Waals surface area contributed by atoms with Gasteiger partial charge in [-0.25, -0.2) is 9.37 Å². The van der Waals surface area contributed by atoms with Crippen LogP contribution in [0.15, 0.2) is 59.1 Å². The van der Waals surface area contributed by atoms with Crippen molar-refractivity contribution in [1.82, 2.24) is 15.2 Å². The number of carbonyl (C=O) groups is 1. The fourth-order valence-corrected chi connectivity index (χ4v) is 3.92. The molecule has 0 spiro atoms. The Bertz CT molecular complexity index is 1010. The quantitative estimate of drug-likeness (QED) is 0.543. The molecular weight excluding hydrogens is 405 g/mol. The maximum absolute atomic E-state index is 13.0. The number of hydrogen-bond acceptors (Lipinski definition) is 4. The van der Waals surface area contributed by atoms with Crippen molar-refractivity contribution in [3.8, 4) is 11.3 Å². The molecule has 1 aliphatic rings. The molecule has 0 unspecified atom stereocenters. The summed E-state index contributed by atoms with van der Waals surface area (Å²) in [7, 11) is 0. The van der Waals surface area contributed by atoms with Gasteiger partial charge >= 0.3 is 0 Å². The van der Waals surface area contributed by atoms with E-state index in [1.54, 1.807) is 18.3 Å². The maximum Gasteiger partial charge on any atom is 0.220 e. The molecule has 1 amide bonds. The number of rotatable bonds is 8. The Morgan fingerprint density at radius 1 is 1.09 bits per heavy atom. The molecule has 3 aromatic rings. The highest BCUT2D eigenvalue weighted by atomic mass is 19.1. The zero-order valence-electron chi connectivity index (χ0n) is 18.5. The number of aryl methyl sites for hydroxylation is 1. The molecule has 0 bridgehead atoms. The molecule has 5 nitrogen and oxygen atoms in total. The average Bonchev–Trinajstić information content (AvgIpc) is 3.28. The van der Waals surface area contributed by atoms with Gasteiger partial charge in [0, 0.05) is 31.5 Å². The minimum atomic E-state index is -0.295. The zero-order valence-corrected chi connectivity index (χ0v) is 18.5. The largest absolute Gasteiger partial charge is 0.441 e. The van der Waals surface area contributed by atoms with E-state index in [0.717, 1.165) is 23.6 Å². The molecule has 1 saturated heterocycles. The van der Waals surface area contributed by atoms with E-state index in [4.69, 9.17) is 4.42 Å². The molecule has 2 heterocycles. The minimum Gasteiger partial charge on any atom is -0.441 e. The van der Waals surface area contributed by atoms with Gasteiger partial charge in [-0.2, -0.15) is 0 Å². The maximum atomic E-state index is 13.0. The van der Waals surface area contributed by atoms with Crippen molar-refractivity contribution in [2.45, 2.75) is 45.7 Å². The number of likely N-dealkylation sites (tertiary alicyclic amines) is 1. The second-order valence-corrected chi connectivity index (χ2v) is 8.68. The Morgan fingerprint density at radius 2 is 1.78 bits per heavy atom. The fraction of sp³-hybridized carbons (Fsp3) is 0.385. The molecule has 1 N–H and O–H groups in total. The summed E-state index contributed by atoms with van der Waals surface area (Å²) < 4.78 is 18.7. The first-order valence-corrected chi connectivity index (χ1v) is 11.3. The molecule has 4 rings (SSSR count). The van der Waals surface area contributed by atoms with Crippen LogP contribution in [0.1, 0.15) is 43.2 Å². The smallest absolute Gasteiger partial charge is 0.220 e. The summed E-state index contributed by atoms with van der Waals surface area (Å²) in [6.07, 6.45) is 4.89. The Labute approximate surface area is 188 Å². The molecule has 0 aliphatic carbocycles. The molecule has 32 heavy (non-hydrogen) atoms. The molecular formula is C26H30FN3O2. The Hall–Kier alpha value is -2.99. The van der Waals surface area contributed by atoms with Gasteiger partial charge in [0.15, 0.2) is 11.7 Å². The third-order valence-corrected chi connectivity index (χ3v) is 6.04. The van der Waals surface area contributed by atoms with Crippen LogP contribution in [0.5, 0.6) is 0 Å². The first-order chi connectivity index (χ1) is 15.5. The van der Waals surface area contributed by atoms with Crippen LogP contribution in [0.4, 0.5) is 4.39 Å². The Kier molecular flexibility index (Phi) is 7.32.